The monoisotopic (exact) mass is 619 g/mol. The van der Waals surface area contributed by atoms with Gasteiger partial charge in [0, 0.05) is 42.6 Å². The van der Waals surface area contributed by atoms with Gasteiger partial charge in [-0.05, 0) is 52.7 Å². The minimum atomic E-state index is -0.117. The third kappa shape index (κ3) is 3.55. The van der Waals surface area contributed by atoms with Gasteiger partial charge in [-0.15, -0.1) is 11.3 Å². The summed E-state index contributed by atoms with van der Waals surface area (Å²) in [6.07, 6.45) is 0. The summed E-state index contributed by atoms with van der Waals surface area (Å²) in [5, 5.41) is 13.6. The smallest absolute Gasteiger partial charge is 0.209 e. The molecular weight excluding hydrogens is 595 g/mol. The fourth-order valence-corrected chi connectivity index (χ4v) is 8.91. The molecule has 11 rings (SSSR count). The fourth-order valence-electron chi connectivity index (χ4n) is 7.67. The van der Waals surface area contributed by atoms with Crippen molar-refractivity contribution in [3.63, 3.8) is 0 Å². The Hall–Kier alpha value is -5.91. The van der Waals surface area contributed by atoms with Gasteiger partial charge >= 0.3 is 0 Å². The summed E-state index contributed by atoms with van der Waals surface area (Å²) in [7, 11) is 0. The van der Waals surface area contributed by atoms with Crippen LogP contribution in [0.2, 0.25) is 0 Å². The molecule has 4 nitrogen and oxygen atoms in total. The number of hydrogen-bond acceptors (Lipinski definition) is 4. The molecule has 1 aliphatic rings. The van der Waals surface area contributed by atoms with Crippen LogP contribution in [-0.4, -0.2) is 10.5 Å². The molecule has 1 N–H and O–H groups in total. The van der Waals surface area contributed by atoms with E-state index in [0.29, 0.717) is 0 Å². The van der Waals surface area contributed by atoms with Gasteiger partial charge in [0.1, 0.15) is 11.2 Å². The summed E-state index contributed by atoms with van der Waals surface area (Å²) in [6.45, 7) is 0. The molecule has 0 saturated heterocycles. The molecule has 1 aliphatic heterocycles. The molecule has 1 atom stereocenters. The molecule has 0 bridgehead atoms. The number of hydrogen-bond donors (Lipinski definition) is 1. The number of aliphatic imine (C=N–C) groups is 1. The van der Waals surface area contributed by atoms with E-state index in [0.717, 1.165) is 50.2 Å². The molecule has 10 aromatic rings. The highest BCUT2D eigenvalue weighted by molar-refractivity contribution is 7.26. The lowest BCUT2D eigenvalue weighted by Gasteiger charge is -2.28. The van der Waals surface area contributed by atoms with Gasteiger partial charge in [-0.3, -0.25) is 4.57 Å². The molecular formula is C42H25N3OS. The van der Waals surface area contributed by atoms with Crippen molar-refractivity contribution in [2.75, 3.05) is 0 Å². The van der Waals surface area contributed by atoms with Crippen LogP contribution in [0, 0.1) is 0 Å². The zero-order valence-corrected chi connectivity index (χ0v) is 25.9. The minimum Gasteiger partial charge on any atom is -0.456 e. The summed E-state index contributed by atoms with van der Waals surface area (Å²) < 4.78 is 11.4. The van der Waals surface area contributed by atoms with Gasteiger partial charge < -0.3 is 9.73 Å². The van der Waals surface area contributed by atoms with E-state index in [4.69, 9.17) is 9.41 Å². The van der Waals surface area contributed by atoms with Crippen LogP contribution in [0.15, 0.2) is 149 Å². The molecule has 0 amide bonds. The van der Waals surface area contributed by atoms with Crippen LogP contribution in [0.1, 0.15) is 17.2 Å². The predicted molar refractivity (Wildman–Crippen MR) is 197 cm³/mol. The van der Waals surface area contributed by atoms with E-state index >= 15 is 0 Å². The van der Waals surface area contributed by atoms with E-state index in [1.807, 2.05) is 11.3 Å². The van der Waals surface area contributed by atoms with Crippen LogP contribution < -0.4 is 5.32 Å². The number of aromatic nitrogens is 1. The number of nitrogens with one attached hydrogen (secondary N) is 1. The van der Waals surface area contributed by atoms with Gasteiger partial charge in [0.25, 0.3) is 0 Å². The topological polar surface area (TPSA) is 42.5 Å². The molecule has 47 heavy (non-hydrogen) atoms. The number of furan rings is 1. The van der Waals surface area contributed by atoms with Gasteiger partial charge in [0.2, 0.25) is 5.96 Å². The lowest BCUT2D eigenvalue weighted by molar-refractivity contribution is 0.665. The maximum atomic E-state index is 6.51. The Morgan fingerprint density at radius 1 is 0.596 bits per heavy atom. The van der Waals surface area contributed by atoms with Crippen molar-refractivity contribution in [2.45, 2.75) is 6.04 Å². The van der Waals surface area contributed by atoms with E-state index < -0.39 is 0 Å². The summed E-state index contributed by atoms with van der Waals surface area (Å²) in [5.41, 5.74) is 7.37. The van der Waals surface area contributed by atoms with Gasteiger partial charge in [-0.1, -0.05) is 103 Å². The Morgan fingerprint density at radius 2 is 1.32 bits per heavy atom. The van der Waals surface area contributed by atoms with Gasteiger partial charge in [-0.2, -0.15) is 0 Å². The summed E-state index contributed by atoms with van der Waals surface area (Å²) in [4.78, 5) is 5.30. The van der Waals surface area contributed by atoms with Crippen LogP contribution in [0.4, 0.5) is 5.69 Å². The Balaban J connectivity index is 1.14. The summed E-state index contributed by atoms with van der Waals surface area (Å²) in [6, 6.07) is 49.8. The molecule has 0 spiro atoms. The molecule has 1 unspecified atom stereocenters. The normalized spacial score (nSPS) is 14.9. The van der Waals surface area contributed by atoms with Crippen molar-refractivity contribution in [2.24, 2.45) is 4.99 Å². The number of para-hydroxylation sites is 2. The number of thiophene rings is 1. The third-order valence-corrected chi connectivity index (χ3v) is 11.0. The van der Waals surface area contributed by atoms with Gasteiger partial charge in [0.15, 0.2) is 0 Å². The first-order valence-corrected chi connectivity index (χ1v) is 16.7. The van der Waals surface area contributed by atoms with Crippen molar-refractivity contribution in [3.8, 4) is 0 Å². The maximum absolute atomic E-state index is 6.51. The molecule has 0 saturated carbocycles. The molecule has 3 aromatic heterocycles. The largest absolute Gasteiger partial charge is 0.456 e. The Morgan fingerprint density at radius 3 is 2.26 bits per heavy atom. The van der Waals surface area contributed by atoms with Crippen LogP contribution >= 0.6 is 11.3 Å². The molecule has 220 valence electrons. The van der Waals surface area contributed by atoms with E-state index in [1.165, 1.54) is 47.2 Å². The first-order chi connectivity index (χ1) is 23.3. The standard InChI is InChI=1S/C42H25N3OS/c1-2-10-25-22-37-33(21-24(25)9-1)28-18-17-26(23-36(28)46-37)39-32-13-3-6-14-34(32)43-42(44-39)45-35-15-7-4-11-27(35)30-19-20-31-29-12-5-8-16-38(29)47-41(31)40(30)45/h1-23,39H,(H,43,44). The quantitative estimate of drug-likeness (QED) is 0.199. The minimum absolute atomic E-state index is 0.117. The van der Waals surface area contributed by atoms with Crippen molar-refractivity contribution < 1.29 is 4.42 Å². The zero-order chi connectivity index (χ0) is 30.6. The van der Waals surface area contributed by atoms with E-state index in [9.17, 15) is 0 Å². The Labute approximate surface area is 272 Å². The summed E-state index contributed by atoms with van der Waals surface area (Å²) >= 11 is 1.86. The lowest BCUT2D eigenvalue weighted by atomic mass is 9.95. The number of rotatable bonds is 1. The molecule has 5 heteroatoms. The second-order valence-electron chi connectivity index (χ2n) is 12.4. The van der Waals surface area contributed by atoms with Crippen molar-refractivity contribution in [3.05, 3.63) is 151 Å². The average molecular weight is 620 g/mol. The number of nitrogens with zero attached hydrogens (tertiary/aromatic N) is 2. The van der Waals surface area contributed by atoms with Crippen molar-refractivity contribution >= 4 is 97.7 Å². The van der Waals surface area contributed by atoms with E-state index in [1.54, 1.807) is 0 Å². The highest BCUT2D eigenvalue weighted by Crippen LogP contribution is 2.43. The molecule has 4 heterocycles. The number of benzene rings is 7. The van der Waals surface area contributed by atoms with Crippen LogP contribution in [-0.2, 0) is 0 Å². The Bertz CT molecular complexity index is 2960. The van der Waals surface area contributed by atoms with Gasteiger partial charge in [0.05, 0.1) is 27.5 Å². The van der Waals surface area contributed by atoms with Gasteiger partial charge in [-0.25, -0.2) is 4.99 Å². The highest BCUT2D eigenvalue weighted by Gasteiger charge is 2.28. The maximum Gasteiger partial charge on any atom is 0.209 e. The van der Waals surface area contributed by atoms with Crippen LogP contribution in [0.3, 0.4) is 0 Å². The SMILES string of the molecule is c1ccc2c(c1)N=C(n1c3ccccc3c3ccc4c5ccccc5sc4c31)NC2c1ccc2c(c1)oc1cc3ccccc3cc12. The molecule has 0 aliphatic carbocycles. The van der Waals surface area contributed by atoms with Crippen molar-refractivity contribution in [1.82, 2.24) is 9.88 Å². The molecule has 7 aromatic carbocycles. The number of fused-ring (bicyclic) bond motifs is 12. The summed E-state index contributed by atoms with van der Waals surface area (Å²) in [5.74, 6) is 0.820. The van der Waals surface area contributed by atoms with Crippen LogP contribution in [0.5, 0.6) is 0 Å². The molecule has 0 radical (unpaired) electrons. The van der Waals surface area contributed by atoms with Crippen molar-refractivity contribution in [1.29, 1.82) is 0 Å². The Kier molecular flexibility index (Phi) is 5.02. The van der Waals surface area contributed by atoms with Crippen LogP contribution in [0.25, 0.3) is 74.7 Å². The first-order valence-electron chi connectivity index (χ1n) is 15.9. The highest BCUT2D eigenvalue weighted by atomic mass is 32.1. The predicted octanol–water partition coefficient (Wildman–Crippen LogP) is 11.4. The second-order valence-corrected chi connectivity index (χ2v) is 13.5. The third-order valence-electron chi connectivity index (χ3n) is 9.84. The fraction of sp³-hybridized carbons (Fsp3) is 0.0238. The van der Waals surface area contributed by atoms with E-state index in [2.05, 4.69) is 149 Å². The average Bonchev–Trinajstić information content (AvgIpc) is 3.79. The van der Waals surface area contributed by atoms with E-state index in [-0.39, 0.29) is 6.04 Å². The second kappa shape index (κ2) is 9.32. The lowest BCUT2D eigenvalue weighted by Crippen LogP contribution is -2.36. The molecule has 0 fully saturated rings. The first kappa shape index (κ1) is 25.3. The zero-order valence-electron chi connectivity index (χ0n) is 25.1.